The van der Waals surface area contributed by atoms with Gasteiger partial charge < -0.3 is 9.15 Å². The van der Waals surface area contributed by atoms with Gasteiger partial charge in [0.2, 0.25) is 5.76 Å². The van der Waals surface area contributed by atoms with Crippen LogP contribution in [0.2, 0.25) is 0 Å². The van der Waals surface area contributed by atoms with Gasteiger partial charge >= 0.3 is 5.97 Å². The quantitative estimate of drug-likeness (QED) is 0.536. The third-order valence-electron chi connectivity index (χ3n) is 4.68. The molecule has 0 radical (unpaired) electrons. The van der Waals surface area contributed by atoms with E-state index in [1.54, 1.807) is 26.0 Å². The van der Waals surface area contributed by atoms with Gasteiger partial charge in [0.1, 0.15) is 5.76 Å². The maximum absolute atomic E-state index is 12.5. The van der Waals surface area contributed by atoms with Gasteiger partial charge in [-0.2, -0.15) is 8.42 Å². The number of furan rings is 1. The summed E-state index contributed by atoms with van der Waals surface area (Å²) in [5.41, 5.74) is 1.79. The molecule has 1 aliphatic carbocycles. The molecule has 0 saturated heterocycles. The highest BCUT2D eigenvalue weighted by atomic mass is 32.2. The summed E-state index contributed by atoms with van der Waals surface area (Å²) >= 11 is 0. The van der Waals surface area contributed by atoms with Crippen molar-refractivity contribution in [3.63, 3.8) is 0 Å². The van der Waals surface area contributed by atoms with E-state index in [0.29, 0.717) is 23.3 Å². The molecule has 0 amide bonds. The number of aryl methyl sites for hydroxylation is 1. The molecule has 0 aliphatic heterocycles. The smallest absolute Gasteiger partial charge is 0.374 e. The molecule has 0 fully saturated rings. The zero-order valence-electron chi connectivity index (χ0n) is 16.0. The van der Waals surface area contributed by atoms with Gasteiger partial charge in [-0.05, 0) is 38.8 Å². The minimum atomic E-state index is -3.91. The van der Waals surface area contributed by atoms with Gasteiger partial charge in [0, 0.05) is 18.4 Å². The fourth-order valence-corrected chi connectivity index (χ4v) is 4.23. The highest BCUT2D eigenvalue weighted by molar-refractivity contribution is 7.86. The van der Waals surface area contributed by atoms with Crippen LogP contribution in [-0.2, 0) is 25.5 Å². The zero-order chi connectivity index (χ0) is 20.5. The van der Waals surface area contributed by atoms with Gasteiger partial charge in [0.25, 0.3) is 10.1 Å². The molecule has 0 saturated carbocycles. The first kappa shape index (κ1) is 20.3. The second kappa shape index (κ2) is 7.89. The molecule has 1 aromatic heterocycles. The molecule has 3 rings (SSSR count). The zero-order valence-corrected chi connectivity index (χ0v) is 16.8. The normalized spacial score (nSPS) is 16.7. The van der Waals surface area contributed by atoms with Crippen LogP contribution < -0.4 is 0 Å². The number of carbonyl (C=O) groups is 2. The molecule has 0 bridgehead atoms. The van der Waals surface area contributed by atoms with Gasteiger partial charge in [-0.15, -0.1) is 0 Å². The first-order valence-electron chi connectivity index (χ1n) is 9.01. The van der Waals surface area contributed by atoms with E-state index >= 15 is 0 Å². The van der Waals surface area contributed by atoms with Gasteiger partial charge in [-0.25, -0.2) is 4.79 Å². The summed E-state index contributed by atoms with van der Waals surface area (Å²) in [4.78, 5) is 24.6. The van der Waals surface area contributed by atoms with Gasteiger partial charge in [-0.3, -0.25) is 8.98 Å². The van der Waals surface area contributed by atoms with E-state index in [1.807, 2.05) is 6.92 Å². The van der Waals surface area contributed by atoms with Crippen LogP contribution in [0.15, 0.2) is 33.6 Å². The van der Waals surface area contributed by atoms with Crippen LogP contribution in [0, 0.1) is 19.8 Å². The number of benzene rings is 1. The monoisotopic (exact) mass is 406 g/mol. The van der Waals surface area contributed by atoms with E-state index in [9.17, 15) is 18.0 Å². The summed E-state index contributed by atoms with van der Waals surface area (Å²) in [5.74, 6) is -0.774. The molecule has 150 valence electrons. The van der Waals surface area contributed by atoms with Crippen LogP contribution in [0.1, 0.15) is 51.1 Å². The molecule has 1 atom stereocenters. The van der Waals surface area contributed by atoms with Crippen molar-refractivity contribution in [2.45, 2.75) is 38.5 Å². The van der Waals surface area contributed by atoms with Crippen molar-refractivity contribution in [2.24, 2.45) is 5.92 Å². The van der Waals surface area contributed by atoms with Crippen molar-refractivity contribution in [2.75, 3.05) is 13.2 Å². The number of hydrogen-bond acceptors (Lipinski definition) is 7. The third kappa shape index (κ3) is 4.02. The molecule has 28 heavy (non-hydrogen) atoms. The van der Waals surface area contributed by atoms with Gasteiger partial charge in [-0.1, -0.05) is 17.7 Å². The predicted molar refractivity (Wildman–Crippen MR) is 99.9 cm³/mol. The van der Waals surface area contributed by atoms with Gasteiger partial charge in [0.15, 0.2) is 5.78 Å². The SMILES string of the molecule is CCOC(=O)c1oc2c(c1C)C(=O)CC(COS(=O)(=O)c1ccc(C)cc1)C2. The van der Waals surface area contributed by atoms with Crippen molar-refractivity contribution >= 4 is 21.9 Å². The number of fused-ring (bicyclic) bond motifs is 1. The number of rotatable bonds is 6. The third-order valence-corrected chi connectivity index (χ3v) is 5.97. The van der Waals surface area contributed by atoms with Crippen molar-refractivity contribution in [1.29, 1.82) is 0 Å². The van der Waals surface area contributed by atoms with E-state index in [4.69, 9.17) is 13.3 Å². The maximum atomic E-state index is 12.5. The molecular formula is C20H22O7S. The fraction of sp³-hybridized carbons (Fsp3) is 0.400. The van der Waals surface area contributed by atoms with Crippen LogP contribution in [0.3, 0.4) is 0 Å². The fourth-order valence-electron chi connectivity index (χ4n) is 3.25. The average molecular weight is 406 g/mol. The van der Waals surface area contributed by atoms with Crippen LogP contribution >= 0.6 is 0 Å². The van der Waals surface area contributed by atoms with E-state index in [2.05, 4.69) is 0 Å². The van der Waals surface area contributed by atoms with Crippen molar-refractivity contribution < 1.29 is 31.3 Å². The summed E-state index contributed by atoms with van der Waals surface area (Å²) in [5, 5.41) is 0. The maximum Gasteiger partial charge on any atom is 0.374 e. The summed E-state index contributed by atoms with van der Waals surface area (Å²) in [7, 11) is -3.91. The molecule has 1 aromatic carbocycles. The summed E-state index contributed by atoms with van der Waals surface area (Å²) in [6.45, 7) is 5.24. The Balaban J connectivity index is 1.74. The predicted octanol–water partition coefficient (Wildman–Crippen LogP) is 3.22. The topological polar surface area (TPSA) is 99.9 Å². The summed E-state index contributed by atoms with van der Waals surface area (Å²) in [6, 6.07) is 6.34. The number of ether oxygens (including phenoxy) is 1. The average Bonchev–Trinajstić information content (AvgIpc) is 2.98. The number of ketones is 1. The molecule has 1 heterocycles. The largest absolute Gasteiger partial charge is 0.460 e. The van der Waals surface area contributed by atoms with Crippen LogP contribution in [0.25, 0.3) is 0 Å². The van der Waals surface area contributed by atoms with Crippen LogP contribution in [0.5, 0.6) is 0 Å². The standard InChI is InChI=1S/C20H22O7S/c1-4-25-20(22)19-13(3)18-16(21)9-14(10-17(18)27-19)11-26-28(23,24)15-7-5-12(2)6-8-15/h5-8,14H,4,9-11H2,1-3H3. The molecule has 8 heteroatoms. The number of esters is 1. The Hall–Kier alpha value is -2.45. The molecule has 1 unspecified atom stereocenters. The lowest BCUT2D eigenvalue weighted by molar-refractivity contribution is 0.0485. The minimum Gasteiger partial charge on any atom is -0.460 e. The minimum absolute atomic E-state index is 0.0223. The number of hydrogen-bond donors (Lipinski definition) is 0. The molecule has 7 nitrogen and oxygen atoms in total. The van der Waals surface area contributed by atoms with E-state index < -0.39 is 16.1 Å². The molecular weight excluding hydrogens is 384 g/mol. The Bertz CT molecular complexity index is 1000. The Morgan fingerprint density at radius 1 is 1.18 bits per heavy atom. The highest BCUT2D eigenvalue weighted by Crippen LogP contribution is 2.33. The van der Waals surface area contributed by atoms with Gasteiger partial charge in [0.05, 0.1) is 23.7 Å². The molecule has 2 aromatic rings. The number of carbonyl (C=O) groups excluding carboxylic acids is 2. The van der Waals surface area contributed by atoms with Crippen LogP contribution in [-0.4, -0.2) is 33.4 Å². The highest BCUT2D eigenvalue weighted by Gasteiger charge is 2.34. The second-order valence-electron chi connectivity index (χ2n) is 6.82. The van der Waals surface area contributed by atoms with Crippen molar-refractivity contribution in [1.82, 2.24) is 0 Å². The lowest BCUT2D eigenvalue weighted by Gasteiger charge is -2.20. The Morgan fingerprint density at radius 2 is 1.86 bits per heavy atom. The first-order valence-corrected chi connectivity index (χ1v) is 10.4. The van der Waals surface area contributed by atoms with E-state index in [-0.39, 0.29) is 42.0 Å². The van der Waals surface area contributed by atoms with Crippen LogP contribution in [0.4, 0.5) is 0 Å². The molecule has 0 spiro atoms. The summed E-state index contributed by atoms with van der Waals surface area (Å²) < 4.78 is 40.4. The number of Topliss-reactive ketones (excluding diaryl/α,β-unsaturated/α-hetero) is 1. The van der Waals surface area contributed by atoms with E-state index in [0.717, 1.165) is 5.56 Å². The Morgan fingerprint density at radius 3 is 2.50 bits per heavy atom. The lowest BCUT2D eigenvalue weighted by Crippen LogP contribution is -2.24. The summed E-state index contributed by atoms with van der Waals surface area (Å²) in [6.07, 6.45) is 0.434. The second-order valence-corrected chi connectivity index (χ2v) is 8.44. The molecule has 1 aliphatic rings. The Labute approximate surface area is 163 Å². The van der Waals surface area contributed by atoms with Crippen molar-refractivity contribution in [3.8, 4) is 0 Å². The lowest BCUT2D eigenvalue weighted by atomic mass is 9.86. The first-order chi connectivity index (χ1) is 13.2. The van der Waals surface area contributed by atoms with E-state index in [1.165, 1.54) is 12.1 Å². The molecule has 0 N–H and O–H groups in total. The Kier molecular flexibility index (Phi) is 5.71. The van der Waals surface area contributed by atoms with Crippen molar-refractivity contribution in [3.05, 3.63) is 52.5 Å².